The molecule has 0 fully saturated rings. The summed E-state index contributed by atoms with van der Waals surface area (Å²) in [6, 6.07) is 11.4. The lowest BCUT2D eigenvalue weighted by Gasteiger charge is -2.17. The van der Waals surface area contributed by atoms with E-state index in [1.54, 1.807) is 19.1 Å². The Morgan fingerprint density at radius 1 is 0.917 bits per heavy atom. The van der Waals surface area contributed by atoms with Crippen LogP contribution in [0.3, 0.4) is 0 Å². The number of benzene rings is 2. The number of amides is 2. The van der Waals surface area contributed by atoms with E-state index in [0.717, 1.165) is 10.8 Å². The molecule has 0 saturated carbocycles. The van der Waals surface area contributed by atoms with Gasteiger partial charge < -0.3 is 15.4 Å². The molecule has 0 aliphatic carbocycles. The van der Waals surface area contributed by atoms with Gasteiger partial charge in [-0.25, -0.2) is 4.79 Å². The summed E-state index contributed by atoms with van der Waals surface area (Å²) in [5.41, 5.74) is 0. The van der Waals surface area contributed by atoms with Gasteiger partial charge in [0.15, 0.2) is 0 Å². The first kappa shape index (κ1) is 17.5. The Kier molecular flexibility index (Phi) is 5.52. The van der Waals surface area contributed by atoms with Crippen LogP contribution in [0.15, 0.2) is 42.5 Å². The molecule has 2 rings (SSSR count). The number of hydrogen-bond acceptors (Lipinski definition) is 4. The van der Waals surface area contributed by atoms with Crippen molar-refractivity contribution in [2.24, 2.45) is 0 Å². The Morgan fingerprint density at radius 2 is 1.58 bits per heavy atom. The Bertz CT molecular complexity index is 767. The highest BCUT2D eigenvalue weighted by Crippen LogP contribution is 2.25. The van der Waals surface area contributed by atoms with Crippen LogP contribution in [0.2, 0.25) is 0 Å². The van der Waals surface area contributed by atoms with Crippen LogP contribution >= 0.6 is 0 Å². The summed E-state index contributed by atoms with van der Waals surface area (Å²) in [7, 11) is 0. The molecule has 126 valence electrons. The van der Waals surface area contributed by atoms with Crippen molar-refractivity contribution in [3.05, 3.63) is 42.5 Å². The average molecular weight is 328 g/mol. The number of carbonyl (C=O) groups excluding carboxylic acids is 3. The van der Waals surface area contributed by atoms with Gasteiger partial charge in [0.05, 0.1) is 0 Å². The van der Waals surface area contributed by atoms with E-state index in [9.17, 15) is 14.4 Å². The van der Waals surface area contributed by atoms with Crippen LogP contribution in [0.25, 0.3) is 10.8 Å². The van der Waals surface area contributed by atoms with Crippen molar-refractivity contribution in [1.82, 2.24) is 10.6 Å². The van der Waals surface area contributed by atoms with Crippen LogP contribution < -0.4 is 15.4 Å². The number of nitrogens with one attached hydrogen (secondary N) is 2. The summed E-state index contributed by atoms with van der Waals surface area (Å²) in [5, 5.41) is 6.76. The van der Waals surface area contributed by atoms with Gasteiger partial charge in [0, 0.05) is 12.3 Å². The molecule has 0 unspecified atom stereocenters. The zero-order valence-corrected chi connectivity index (χ0v) is 13.8. The van der Waals surface area contributed by atoms with E-state index in [1.807, 2.05) is 30.3 Å². The standard InChI is InChI=1S/C18H20N2O4/c1-11(19-13(3)21)17(22)20-12(2)18(23)24-16-10-6-8-14-7-4-5-9-15(14)16/h4-12H,1-3H3,(H,19,21)(H,20,22)/t11-,12-/m0/s1. The molecule has 0 aliphatic rings. The molecule has 0 aliphatic heterocycles. The highest BCUT2D eigenvalue weighted by atomic mass is 16.5. The predicted molar refractivity (Wildman–Crippen MR) is 90.5 cm³/mol. The molecular formula is C18H20N2O4. The van der Waals surface area contributed by atoms with Gasteiger partial charge in [-0.05, 0) is 25.3 Å². The first-order valence-electron chi connectivity index (χ1n) is 7.65. The highest BCUT2D eigenvalue weighted by Gasteiger charge is 2.22. The van der Waals surface area contributed by atoms with Crippen LogP contribution in [-0.4, -0.2) is 29.9 Å². The van der Waals surface area contributed by atoms with Gasteiger partial charge in [-0.1, -0.05) is 36.4 Å². The molecular weight excluding hydrogens is 308 g/mol. The SMILES string of the molecule is CC(=O)N[C@@H](C)C(=O)N[C@@H](C)C(=O)Oc1cccc2ccccc12. The molecule has 0 saturated heterocycles. The fourth-order valence-corrected chi connectivity index (χ4v) is 2.25. The average Bonchev–Trinajstić information content (AvgIpc) is 2.54. The van der Waals surface area contributed by atoms with E-state index < -0.39 is 24.0 Å². The molecule has 2 aromatic carbocycles. The molecule has 6 heteroatoms. The fourth-order valence-electron chi connectivity index (χ4n) is 2.25. The minimum absolute atomic E-state index is 0.316. The van der Waals surface area contributed by atoms with Crippen molar-refractivity contribution < 1.29 is 19.1 Å². The lowest BCUT2D eigenvalue weighted by Crippen LogP contribution is -2.49. The number of fused-ring (bicyclic) bond motifs is 1. The van der Waals surface area contributed by atoms with Gasteiger partial charge in [-0.2, -0.15) is 0 Å². The summed E-state index contributed by atoms with van der Waals surface area (Å²) in [4.78, 5) is 35.1. The Labute approximate surface area is 140 Å². The van der Waals surface area contributed by atoms with Crippen LogP contribution in [0, 0.1) is 0 Å². The second-order valence-electron chi connectivity index (χ2n) is 5.55. The van der Waals surface area contributed by atoms with Crippen molar-refractivity contribution in [2.45, 2.75) is 32.9 Å². The third kappa shape index (κ3) is 4.32. The lowest BCUT2D eigenvalue weighted by atomic mass is 10.1. The normalized spacial score (nSPS) is 13.0. The molecule has 0 spiro atoms. The Hall–Kier alpha value is -2.89. The summed E-state index contributed by atoms with van der Waals surface area (Å²) in [6.07, 6.45) is 0. The number of esters is 1. The summed E-state index contributed by atoms with van der Waals surface area (Å²) in [6.45, 7) is 4.40. The van der Waals surface area contributed by atoms with Gasteiger partial charge in [0.25, 0.3) is 0 Å². The number of hydrogen-bond donors (Lipinski definition) is 2. The molecule has 0 aromatic heterocycles. The maximum atomic E-state index is 12.2. The van der Waals surface area contributed by atoms with Gasteiger partial charge in [0.2, 0.25) is 11.8 Å². The first-order valence-corrected chi connectivity index (χ1v) is 7.65. The molecule has 0 radical (unpaired) electrons. The van der Waals surface area contributed by atoms with Gasteiger partial charge >= 0.3 is 5.97 Å². The molecule has 2 aromatic rings. The maximum absolute atomic E-state index is 12.2. The molecule has 6 nitrogen and oxygen atoms in total. The first-order chi connectivity index (χ1) is 11.4. The van der Waals surface area contributed by atoms with Gasteiger partial charge in [-0.3, -0.25) is 9.59 Å². The van der Waals surface area contributed by atoms with E-state index in [-0.39, 0.29) is 5.91 Å². The molecule has 0 bridgehead atoms. The smallest absolute Gasteiger partial charge is 0.333 e. The topological polar surface area (TPSA) is 84.5 Å². The van der Waals surface area contributed by atoms with Crippen molar-refractivity contribution >= 4 is 28.6 Å². The third-order valence-electron chi connectivity index (χ3n) is 3.49. The quantitative estimate of drug-likeness (QED) is 0.647. The second-order valence-corrected chi connectivity index (χ2v) is 5.55. The summed E-state index contributed by atoms with van der Waals surface area (Å²) in [5.74, 6) is -0.903. The Morgan fingerprint density at radius 3 is 2.29 bits per heavy atom. The largest absolute Gasteiger partial charge is 0.424 e. The van der Waals surface area contributed by atoms with Crippen molar-refractivity contribution in [3.8, 4) is 5.75 Å². The maximum Gasteiger partial charge on any atom is 0.333 e. The zero-order valence-electron chi connectivity index (χ0n) is 13.8. The second kappa shape index (κ2) is 7.59. The van der Waals surface area contributed by atoms with Gasteiger partial charge in [0.1, 0.15) is 17.8 Å². The predicted octanol–water partition coefficient (Wildman–Crippen LogP) is 1.77. The monoisotopic (exact) mass is 328 g/mol. The molecule has 2 amide bonds. The van der Waals surface area contributed by atoms with E-state index in [1.165, 1.54) is 13.8 Å². The van der Waals surface area contributed by atoms with Crippen LogP contribution in [0.5, 0.6) is 5.75 Å². The third-order valence-corrected chi connectivity index (χ3v) is 3.49. The van der Waals surface area contributed by atoms with Crippen LogP contribution in [-0.2, 0) is 14.4 Å². The van der Waals surface area contributed by atoms with Crippen LogP contribution in [0.4, 0.5) is 0 Å². The number of ether oxygens (including phenoxy) is 1. The number of rotatable bonds is 5. The van der Waals surface area contributed by atoms with E-state index in [0.29, 0.717) is 5.75 Å². The van der Waals surface area contributed by atoms with E-state index >= 15 is 0 Å². The van der Waals surface area contributed by atoms with Crippen molar-refractivity contribution in [2.75, 3.05) is 0 Å². The van der Waals surface area contributed by atoms with E-state index in [2.05, 4.69) is 10.6 Å². The summed E-state index contributed by atoms with van der Waals surface area (Å²) < 4.78 is 5.41. The molecule has 2 N–H and O–H groups in total. The highest BCUT2D eigenvalue weighted by molar-refractivity contribution is 5.93. The van der Waals surface area contributed by atoms with E-state index in [4.69, 9.17) is 4.74 Å². The minimum Gasteiger partial charge on any atom is -0.424 e. The fraction of sp³-hybridized carbons (Fsp3) is 0.278. The molecule has 0 heterocycles. The van der Waals surface area contributed by atoms with Crippen LogP contribution in [0.1, 0.15) is 20.8 Å². The minimum atomic E-state index is -0.840. The molecule has 24 heavy (non-hydrogen) atoms. The Balaban J connectivity index is 2.03. The summed E-state index contributed by atoms with van der Waals surface area (Å²) >= 11 is 0. The van der Waals surface area contributed by atoms with Crippen molar-refractivity contribution in [3.63, 3.8) is 0 Å². The number of carbonyl (C=O) groups is 3. The lowest BCUT2D eigenvalue weighted by molar-refractivity contribution is -0.139. The zero-order chi connectivity index (χ0) is 17.7. The molecule has 2 atom stereocenters. The van der Waals surface area contributed by atoms with Gasteiger partial charge in [-0.15, -0.1) is 0 Å². The van der Waals surface area contributed by atoms with Crippen molar-refractivity contribution in [1.29, 1.82) is 0 Å².